The number of rotatable bonds is 8. The third-order valence-corrected chi connectivity index (χ3v) is 3.02. The molecule has 2 heteroatoms. The van der Waals surface area contributed by atoms with E-state index in [0.717, 1.165) is 12.8 Å². The van der Waals surface area contributed by atoms with Crippen molar-refractivity contribution in [1.29, 1.82) is 0 Å². The Labute approximate surface area is 103 Å². The molecular weight excluding hydrogens is 218 g/mol. The monoisotopic (exact) mass is 239 g/mol. The van der Waals surface area contributed by atoms with Gasteiger partial charge in [-0.2, -0.15) is 0 Å². The maximum Gasteiger partial charge on any atom is 0.167 e. The third-order valence-electron chi connectivity index (χ3n) is 3.02. The van der Waals surface area contributed by atoms with Crippen molar-refractivity contribution in [3.8, 4) is 0 Å². The molecular formula is C15H21F2. The van der Waals surface area contributed by atoms with Gasteiger partial charge < -0.3 is 0 Å². The van der Waals surface area contributed by atoms with Crippen LogP contribution in [0.3, 0.4) is 0 Å². The lowest BCUT2D eigenvalue weighted by molar-refractivity contribution is 0.493. The Morgan fingerprint density at radius 2 is 1.65 bits per heavy atom. The molecule has 0 spiro atoms. The normalized spacial score (nSPS) is 10.8. The van der Waals surface area contributed by atoms with Crippen LogP contribution in [-0.4, -0.2) is 0 Å². The van der Waals surface area contributed by atoms with Gasteiger partial charge in [-0.3, -0.25) is 0 Å². The van der Waals surface area contributed by atoms with Gasteiger partial charge in [0.1, 0.15) is 0 Å². The van der Waals surface area contributed by atoms with Crippen LogP contribution in [0.4, 0.5) is 8.78 Å². The number of halogens is 2. The van der Waals surface area contributed by atoms with Crippen molar-refractivity contribution < 1.29 is 8.78 Å². The van der Waals surface area contributed by atoms with E-state index in [9.17, 15) is 8.78 Å². The maximum atomic E-state index is 13.3. The van der Waals surface area contributed by atoms with Crippen molar-refractivity contribution in [3.05, 3.63) is 35.4 Å². The van der Waals surface area contributed by atoms with Crippen LogP contribution in [0.2, 0.25) is 0 Å². The zero-order valence-electron chi connectivity index (χ0n) is 10.6. The molecule has 0 N–H and O–H groups in total. The summed E-state index contributed by atoms with van der Waals surface area (Å²) in [5.41, 5.74) is 0.481. The molecule has 0 aliphatic rings. The van der Waals surface area contributed by atoms with Crippen molar-refractivity contribution in [3.63, 3.8) is 0 Å². The molecule has 1 radical (unpaired) electrons. The second-order valence-electron chi connectivity index (χ2n) is 4.50. The fourth-order valence-corrected chi connectivity index (χ4v) is 1.96. The molecule has 0 atom stereocenters. The minimum atomic E-state index is -0.856. The third kappa shape index (κ3) is 5.29. The molecule has 0 saturated heterocycles. The lowest BCUT2D eigenvalue weighted by Crippen LogP contribution is -1.94. The first-order valence-corrected chi connectivity index (χ1v) is 6.60. The minimum Gasteiger partial charge on any atom is -0.203 e. The van der Waals surface area contributed by atoms with Gasteiger partial charge in [0.05, 0.1) is 0 Å². The Hall–Kier alpha value is -0.920. The van der Waals surface area contributed by atoms with E-state index in [1.54, 1.807) is 6.07 Å². The van der Waals surface area contributed by atoms with Crippen LogP contribution in [0.1, 0.15) is 57.4 Å². The summed E-state index contributed by atoms with van der Waals surface area (Å²) in [6, 6.07) is 5.30. The molecule has 1 aromatic rings. The molecule has 95 valence electrons. The van der Waals surface area contributed by atoms with Crippen molar-refractivity contribution in [2.75, 3.05) is 0 Å². The Morgan fingerprint density at radius 1 is 1.00 bits per heavy atom. The van der Waals surface area contributed by atoms with Gasteiger partial charge in [-0.25, -0.2) is 8.78 Å². The summed E-state index contributed by atoms with van der Waals surface area (Å²) in [4.78, 5) is 0. The van der Waals surface area contributed by atoms with Crippen molar-refractivity contribution in [2.45, 2.75) is 58.3 Å². The van der Waals surface area contributed by atoms with Gasteiger partial charge in [-0.05, 0) is 18.4 Å². The molecule has 0 amide bonds. The van der Waals surface area contributed by atoms with Crippen LogP contribution >= 0.6 is 0 Å². The predicted molar refractivity (Wildman–Crippen MR) is 66.9 cm³/mol. The number of benzene rings is 1. The minimum absolute atomic E-state index is 0.481. The molecule has 0 aliphatic carbocycles. The van der Waals surface area contributed by atoms with Gasteiger partial charge >= 0.3 is 0 Å². The van der Waals surface area contributed by atoms with Crippen molar-refractivity contribution in [2.24, 2.45) is 0 Å². The van der Waals surface area contributed by atoms with E-state index in [-0.39, 0.29) is 0 Å². The summed E-state index contributed by atoms with van der Waals surface area (Å²) in [6.07, 6.45) is 8.97. The molecule has 0 nitrogen and oxygen atoms in total. The zero-order chi connectivity index (χ0) is 12.5. The number of aryl methyl sites for hydroxylation is 1. The first-order chi connectivity index (χ1) is 8.25. The van der Waals surface area contributed by atoms with Gasteiger partial charge in [-0.1, -0.05) is 57.6 Å². The van der Waals surface area contributed by atoms with E-state index in [2.05, 4.69) is 13.0 Å². The number of unbranched alkanes of at least 4 members (excludes halogenated alkanes) is 6. The van der Waals surface area contributed by atoms with E-state index in [0.29, 0.717) is 12.0 Å². The first-order valence-electron chi connectivity index (χ1n) is 6.60. The molecule has 0 aromatic heterocycles. The lowest BCUT2D eigenvalue weighted by Gasteiger charge is -2.04. The highest BCUT2D eigenvalue weighted by Crippen LogP contribution is 2.15. The van der Waals surface area contributed by atoms with Gasteiger partial charge in [0, 0.05) is 6.07 Å². The van der Waals surface area contributed by atoms with Crippen molar-refractivity contribution in [1.82, 2.24) is 0 Å². The average molecular weight is 239 g/mol. The first kappa shape index (κ1) is 14.1. The van der Waals surface area contributed by atoms with E-state index < -0.39 is 11.6 Å². The van der Waals surface area contributed by atoms with Gasteiger partial charge in [0.2, 0.25) is 0 Å². The van der Waals surface area contributed by atoms with E-state index in [1.165, 1.54) is 38.2 Å². The Morgan fingerprint density at radius 3 is 2.35 bits per heavy atom. The summed E-state index contributed by atoms with van der Waals surface area (Å²) in [6.45, 7) is 2.20. The van der Waals surface area contributed by atoms with Crippen LogP contribution in [0.15, 0.2) is 12.1 Å². The number of hydrogen-bond acceptors (Lipinski definition) is 0. The number of hydrogen-bond donors (Lipinski definition) is 0. The molecule has 1 aromatic carbocycles. The fraction of sp³-hybridized carbons (Fsp3) is 0.600. The lowest BCUT2D eigenvalue weighted by atomic mass is 10.0. The van der Waals surface area contributed by atoms with Crippen LogP contribution < -0.4 is 0 Å². The van der Waals surface area contributed by atoms with Crippen LogP contribution in [0, 0.1) is 17.7 Å². The molecule has 0 bridgehead atoms. The predicted octanol–water partition coefficient (Wildman–Crippen LogP) is 5.06. The molecule has 17 heavy (non-hydrogen) atoms. The second kappa shape index (κ2) is 8.21. The smallest absolute Gasteiger partial charge is 0.167 e. The quantitative estimate of drug-likeness (QED) is 0.556. The fourth-order valence-electron chi connectivity index (χ4n) is 1.96. The van der Waals surface area contributed by atoms with Gasteiger partial charge in [-0.15, -0.1) is 0 Å². The molecule has 0 saturated carbocycles. The Bertz CT molecular complexity index is 321. The maximum absolute atomic E-state index is 13.3. The van der Waals surface area contributed by atoms with Gasteiger partial charge in [0.15, 0.2) is 11.6 Å². The summed E-state index contributed by atoms with van der Waals surface area (Å²) in [7, 11) is 0. The van der Waals surface area contributed by atoms with Crippen LogP contribution in [-0.2, 0) is 6.42 Å². The Kier molecular flexibility index (Phi) is 6.83. The summed E-state index contributed by atoms with van der Waals surface area (Å²) < 4.78 is 26.1. The highest BCUT2D eigenvalue weighted by atomic mass is 19.2. The average Bonchev–Trinajstić information content (AvgIpc) is 2.33. The molecule has 0 fully saturated rings. The van der Waals surface area contributed by atoms with Gasteiger partial charge in [0.25, 0.3) is 0 Å². The largest absolute Gasteiger partial charge is 0.203 e. The highest BCUT2D eigenvalue weighted by Gasteiger charge is 2.06. The van der Waals surface area contributed by atoms with Crippen molar-refractivity contribution >= 4 is 0 Å². The van der Waals surface area contributed by atoms with E-state index in [1.807, 2.05) is 0 Å². The molecule has 1 rings (SSSR count). The molecule has 0 heterocycles. The molecule has 0 unspecified atom stereocenters. The summed E-state index contributed by atoms with van der Waals surface area (Å²) in [5.74, 6) is -1.58. The standard InChI is InChI=1S/C15H21F2/c1-2-3-4-5-6-7-8-10-13-11-9-12-14(16)15(13)17/h9,11H,2-8,10H2,1H3. The second-order valence-corrected chi connectivity index (χ2v) is 4.50. The van der Waals surface area contributed by atoms with Crippen LogP contribution in [0.5, 0.6) is 0 Å². The topological polar surface area (TPSA) is 0 Å². The summed E-state index contributed by atoms with van der Waals surface area (Å²) in [5, 5.41) is 0. The zero-order valence-corrected chi connectivity index (χ0v) is 10.6. The van der Waals surface area contributed by atoms with E-state index >= 15 is 0 Å². The SMILES string of the molecule is CCCCCCCCCc1cc[c]c(F)c1F. The highest BCUT2D eigenvalue weighted by molar-refractivity contribution is 5.18. The van der Waals surface area contributed by atoms with E-state index in [4.69, 9.17) is 0 Å². The summed E-state index contributed by atoms with van der Waals surface area (Å²) >= 11 is 0. The Balaban J connectivity index is 2.16. The molecule has 0 aliphatic heterocycles. The van der Waals surface area contributed by atoms with Crippen LogP contribution in [0.25, 0.3) is 0 Å².